The Bertz CT molecular complexity index is 501. The molecule has 0 fully saturated rings. The number of amides is 1. The fourth-order valence-corrected chi connectivity index (χ4v) is 2.46. The first-order valence-corrected chi connectivity index (χ1v) is 6.65. The molecule has 0 aliphatic carbocycles. The molecular formula is C10H10N4OS2. The third kappa shape index (κ3) is 3.72. The number of nitrogen functional groups attached to an aromatic ring is 1. The lowest BCUT2D eigenvalue weighted by atomic mass is 10.3. The highest BCUT2D eigenvalue weighted by Gasteiger charge is 2.05. The summed E-state index contributed by atoms with van der Waals surface area (Å²) in [5, 5.41) is 10.3. The van der Waals surface area contributed by atoms with Crippen LogP contribution in [0.25, 0.3) is 0 Å². The third-order valence-electron chi connectivity index (χ3n) is 1.84. The summed E-state index contributed by atoms with van der Waals surface area (Å²) in [5.41, 5.74) is 8.58. The summed E-state index contributed by atoms with van der Waals surface area (Å²) < 4.78 is 0.785. The number of carbonyl (C=O) groups is 1. The predicted octanol–water partition coefficient (Wildman–Crippen LogP) is 1.85. The molecule has 0 spiro atoms. The number of hydrogen-bond donors (Lipinski definition) is 2. The van der Waals surface area contributed by atoms with Gasteiger partial charge in [-0.05, 0) is 18.2 Å². The fourth-order valence-electron chi connectivity index (χ4n) is 1.17. The van der Waals surface area contributed by atoms with Gasteiger partial charge in [0.05, 0.1) is 5.75 Å². The summed E-state index contributed by atoms with van der Waals surface area (Å²) in [6.45, 7) is 0. The van der Waals surface area contributed by atoms with Crippen LogP contribution in [0.1, 0.15) is 0 Å². The Balaban J connectivity index is 1.85. The monoisotopic (exact) mass is 266 g/mol. The van der Waals surface area contributed by atoms with Crippen molar-refractivity contribution in [3.63, 3.8) is 0 Å². The van der Waals surface area contributed by atoms with Crippen molar-refractivity contribution >= 4 is 40.4 Å². The Morgan fingerprint density at radius 3 is 3.12 bits per heavy atom. The molecule has 17 heavy (non-hydrogen) atoms. The number of thioether (sulfide) groups is 1. The minimum atomic E-state index is -0.0872. The van der Waals surface area contributed by atoms with Crippen LogP contribution in [0.3, 0.4) is 0 Å². The molecule has 0 saturated carbocycles. The Kier molecular flexibility index (Phi) is 3.94. The molecule has 1 amide bonds. The van der Waals surface area contributed by atoms with Crippen LogP contribution in [0.4, 0.5) is 11.4 Å². The third-order valence-corrected chi connectivity index (χ3v) is 3.70. The number of rotatable bonds is 4. The van der Waals surface area contributed by atoms with Gasteiger partial charge in [-0.25, -0.2) is 0 Å². The van der Waals surface area contributed by atoms with Gasteiger partial charge >= 0.3 is 0 Å². The van der Waals surface area contributed by atoms with Crippen molar-refractivity contribution in [3.05, 3.63) is 29.8 Å². The maximum atomic E-state index is 11.6. The summed E-state index contributed by atoms with van der Waals surface area (Å²) in [6.07, 6.45) is 0. The van der Waals surface area contributed by atoms with Crippen LogP contribution >= 0.6 is 23.1 Å². The highest BCUT2D eigenvalue weighted by atomic mass is 32.2. The Hall–Kier alpha value is -1.60. The highest BCUT2D eigenvalue weighted by molar-refractivity contribution is 8.01. The minimum absolute atomic E-state index is 0.0872. The molecule has 3 N–H and O–H groups in total. The molecule has 0 saturated heterocycles. The Morgan fingerprint density at radius 2 is 2.41 bits per heavy atom. The van der Waals surface area contributed by atoms with Crippen molar-refractivity contribution in [1.29, 1.82) is 0 Å². The molecule has 7 heteroatoms. The molecule has 0 radical (unpaired) electrons. The molecule has 0 aliphatic rings. The van der Waals surface area contributed by atoms with E-state index in [4.69, 9.17) is 5.73 Å². The van der Waals surface area contributed by atoms with E-state index < -0.39 is 0 Å². The molecular weight excluding hydrogens is 256 g/mol. The molecule has 0 unspecified atom stereocenters. The van der Waals surface area contributed by atoms with Crippen LogP contribution in [0.5, 0.6) is 0 Å². The second-order valence-electron chi connectivity index (χ2n) is 3.17. The zero-order chi connectivity index (χ0) is 12.1. The lowest BCUT2D eigenvalue weighted by molar-refractivity contribution is -0.113. The van der Waals surface area contributed by atoms with Gasteiger partial charge in [0.1, 0.15) is 5.51 Å². The second kappa shape index (κ2) is 5.65. The molecule has 2 aromatic rings. The molecule has 0 aliphatic heterocycles. The molecule has 2 rings (SSSR count). The van der Waals surface area contributed by atoms with Crippen molar-refractivity contribution in [2.24, 2.45) is 0 Å². The van der Waals surface area contributed by atoms with Gasteiger partial charge in [0, 0.05) is 11.4 Å². The van der Waals surface area contributed by atoms with E-state index in [9.17, 15) is 4.79 Å². The van der Waals surface area contributed by atoms with Gasteiger partial charge in [0.2, 0.25) is 5.91 Å². The number of anilines is 2. The van der Waals surface area contributed by atoms with E-state index >= 15 is 0 Å². The predicted molar refractivity (Wildman–Crippen MR) is 70.1 cm³/mol. The first-order valence-electron chi connectivity index (χ1n) is 4.78. The van der Waals surface area contributed by atoms with Gasteiger partial charge in [-0.3, -0.25) is 4.79 Å². The van der Waals surface area contributed by atoms with E-state index in [0.29, 0.717) is 17.1 Å². The van der Waals surface area contributed by atoms with E-state index in [0.717, 1.165) is 4.34 Å². The van der Waals surface area contributed by atoms with Gasteiger partial charge in [0.25, 0.3) is 0 Å². The summed E-state index contributed by atoms with van der Waals surface area (Å²) >= 11 is 2.77. The van der Waals surface area contributed by atoms with Crippen molar-refractivity contribution in [2.45, 2.75) is 4.34 Å². The topological polar surface area (TPSA) is 80.9 Å². The standard InChI is InChI=1S/C10H10N4OS2/c11-7-2-1-3-8(4-7)13-9(15)5-16-10-14-12-6-17-10/h1-4,6H,5,11H2,(H,13,15). The molecule has 1 aromatic carbocycles. The molecule has 88 valence electrons. The van der Waals surface area contributed by atoms with Crippen molar-refractivity contribution in [2.75, 3.05) is 16.8 Å². The quantitative estimate of drug-likeness (QED) is 0.652. The Morgan fingerprint density at radius 1 is 1.53 bits per heavy atom. The van der Waals surface area contributed by atoms with Crippen LogP contribution in [0.2, 0.25) is 0 Å². The van der Waals surface area contributed by atoms with Gasteiger partial charge in [0.15, 0.2) is 4.34 Å². The average Bonchev–Trinajstić information content (AvgIpc) is 2.79. The maximum absolute atomic E-state index is 11.6. The summed E-state index contributed by atoms with van der Waals surface area (Å²) in [4.78, 5) is 11.6. The van der Waals surface area contributed by atoms with Crippen molar-refractivity contribution in [3.8, 4) is 0 Å². The molecule has 1 heterocycles. The van der Waals surface area contributed by atoms with Gasteiger partial charge in [-0.15, -0.1) is 10.2 Å². The number of carbonyl (C=O) groups excluding carboxylic acids is 1. The molecule has 5 nitrogen and oxygen atoms in total. The molecule has 0 bridgehead atoms. The minimum Gasteiger partial charge on any atom is -0.399 e. The number of hydrogen-bond acceptors (Lipinski definition) is 6. The van der Waals surface area contributed by atoms with E-state index in [1.165, 1.54) is 23.1 Å². The number of nitrogens with one attached hydrogen (secondary N) is 1. The first-order chi connectivity index (χ1) is 8.24. The zero-order valence-corrected chi connectivity index (χ0v) is 10.4. The van der Waals surface area contributed by atoms with Crippen LogP contribution in [-0.4, -0.2) is 21.9 Å². The summed E-state index contributed by atoms with van der Waals surface area (Å²) in [7, 11) is 0. The summed E-state index contributed by atoms with van der Waals surface area (Å²) in [5.74, 6) is 0.222. The lowest BCUT2D eigenvalue weighted by Crippen LogP contribution is -2.14. The van der Waals surface area contributed by atoms with Gasteiger partial charge in [-0.2, -0.15) is 0 Å². The fraction of sp³-hybridized carbons (Fsp3) is 0.100. The normalized spacial score (nSPS) is 10.1. The lowest BCUT2D eigenvalue weighted by Gasteiger charge is -2.04. The first kappa shape index (κ1) is 11.9. The Labute approximate surface area is 106 Å². The van der Waals surface area contributed by atoms with E-state index in [-0.39, 0.29) is 5.91 Å². The van der Waals surface area contributed by atoms with Crippen LogP contribution in [0.15, 0.2) is 34.1 Å². The van der Waals surface area contributed by atoms with Crippen LogP contribution < -0.4 is 11.1 Å². The van der Waals surface area contributed by atoms with Crippen LogP contribution in [0, 0.1) is 0 Å². The zero-order valence-electron chi connectivity index (χ0n) is 8.79. The van der Waals surface area contributed by atoms with E-state index in [2.05, 4.69) is 15.5 Å². The highest BCUT2D eigenvalue weighted by Crippen LogP contribution is 2.19. The van der Waals surface area contributed by atoms with Crippen molar-refractivity contribution in [1.82, 2.24) is 10.2 Å². The number of benzene rings is 1. The number of aromatic nitrogens is 2. The molecule has 1 aromatic heterocycles. The van der Waals surface area contributed by atoms with Crippen molar-refractivity contribution < 1.29 is 4.79 Å². The summed E-state index contributed by atoms with van der Waals surface area (Å²) in [6, 6.07) is 7.08. The second-order valence-corrected chi connectivity index (χ2v) is 5.22. The largest absolute Gasteiger partial charge is 0.399 e. The SMILES string of the molecule is Nc1cccc(NC(=O)CSc2nncs2)c1. The number of nitrogens with zero attached hydrogens (tertiary/aromatic N) is 2. The smallest absolute Gasteiger partial charge is 0.234 e. The van der Waals surface area contributed by atoms with Gasteiger partial charge in [-0.1, -0.05) is 29.2 Å². The maximum Gasteiger partial charge on any atom is 0.234 e. The van der Waals surface area contributed by atoms with E-state index in [1.807, 2.05) is 0 Å². The number of nitrogens with two attached hydrogens (primary N) is 1. The van der Waals surface area contributed by atoms with Crippen LogP contribution in [-0.2, 0) is 4.79 Å². The van der Waals surface area contributed by atoms with Gasteiger partial charge < -0.3 is 11.1 Å². The molecule has 0 atom stereocenters. The van der Waals surface area contributed by atoms with E-state index in [1.54, 1.807) is 29.8 Å². The average molecular weight is 266 g/mol.